The number of nitrogens with one attached hydrogen (secondary N) is 1. The highest BCUT2D eigenvalue weighted by molar-refractivity contribution is 6.59. The Bertz CT molecular complexity index is 538. The molecule has 1 aromatic carbocycles. The molecule has 1 heterocycles. The molecule has 19 heavy (non-hydrogen) atoms. The maximum absolute atomic E-state index is 10.2. The van der Waals surface area contributed by atoms with Gasteiger partial charge in [0, 0.05) is 11.1 Å². The summed E-state index contributed by atoms with van der Waals surface area (Å²) in [5, 5.41) is 21.2. The quantitative estimate of drug-likeness (QED) is 0.729. The molecule has 0 aliphatic rings. The summed E-state index contributed by atoms with van der Waals surface area (Å²) in [6.07, 6.45) is 0. The van der Waals surface area contributed by atoms with Crippen molar-refractivity contribution in [3.05, 3.63) is 30.3 Å². The van der Waals surface area contributed by atoms with Gasteiger partial charge in [0.1, 0.15) is 0 Å². The van der Waals surface area contributed by atoms with Gasteiger partial charge in [0.2, 0.25) is 0 Å². The molecule has 0 saturated heterocycles. The van der Waals surface area contributed by atoms with Crippen LogP contribution in [-0.4, -0.2) is 33.4 Å². The van der Waals surface area contributed by atoms with Crippen molar-refractivity contribution in [3.63, 3.8) is 0 Å². The van der Waals surface area contributed by atoms with Crippen LogP contribution in [0.5, 0.6) is 0 Å². The molecule has 2 aromatic rings. The summed E-state index contributed by atoms with van der Waals surface area (Å²) in [4.78, 5) is 3.11. The molecule has 0 amide bonds. The van der Waals surface area contributed by atoms with E-state index in [2.05, 4.69) is 4.98 Å². The van der Waals surface area contributed by atoms with Crippen LogP contribution in [0.4, 0.5) is 0 Å². The Morgan fingerprint density at radius 3 is 2.37 bits per heavy atom. The number of fused-ring (bicyclic) bond motifs is 1. The van der Waals surface area contributed by atoms with E-state index in [0.717, 1.165) is 10.9 Å². The summed E-state index contributed by atoms with van der Waals surface area (Å²) in [6, 6.07) is 9.61. The van der Waals surface area contributed by atoms with Crippen LogP contribution in [-0.2, 0) is 4.65 Å². The van der Waals surface area contributed by atoms with Crippen LogP contribution in [0, 0.1) is 0 Å². The highest BCUT2D eigenvalue weighted by Gasteiger charge is 2.39. The fourth-order valence-electron chi connectivity index (χ4n) is 1.72. The molecular weight excluding hydrogens is 241 g/mol. The Morgan fingerprint density at radius 1 is 1.16 bits per heavy atom. The number of benzene rings is 1. The average molecular weight is 261 g/mol. The number of para-hydroxylation sites is 1. The van der Waals surface area contributed by atoms with Gasteiger partial charge in [0.15, 0.2) is 0 Å². The number of hydrogen-bond donors (Lipinski definition) is 3. The molecule has 0 spiro atoms. The molecule has 0 saturated carbocycles. The normalized spacial score (nSPS) is 12.9. The van der Waals surface area contributed by atoms with Crippen LogP contribution in [0.25, 0.3) is 10.9 Å². The summed E-state index contributed by atoms with van der Waals surface area (Å²) in [5.74, 6) is 0. The van der Waals surface area contributed by atoms with Crippen LogP contribution >= 0.6 is 0 Å². The van der Waals surface area contributed by atoms with Crippen molar-refractivity contribution in [2.45, 2.75) is 38.9 Å². The van der Waals surface area contributed by atoms with E-state index >= 15 is 0 Å². The van der Waals surface area contributed by atoms with E-state index in [1.54, 1.807) is 27.7 Å². The van der Waals surface area contributed by atoms with Gasteiger partial charge >= 0.3 is 7.12 Å². The Kier molecular flexibility index (Phi) is 3.47. The summed E-state index contributed by atoms with van der Waals surface area (Å²) in [7, 11) is -1.10. The summed E-state index contributed by atoms with van der Waals surface area (Å²) >= 11 is 0. The second-order valence-corrected chi connectivity index (χ2v) is 5.85. The lowest BCUT2D eigenvalue weighted by molar-refractivity contribution is -0.0983. The van der Waals surface area contributed by atoms with Gasteiger partial charge in [-0.1, -0.05) is 18.2 Å². The molecule has 2 rings (SSSR count). The van der Waals surface area contributed by atoms with Crippen LogP contribution in [0.15, 0.2) is 30.3 Å². The van der Waals surface area contributed by atoms with E-state index in [1.807, 2.05) is 30.3 Å². The van der Waals surface area contributed by atoms with Gasteiger partial charge in [0.25, 0.3) is 0 Å². The highest BCUT2D eigenvalue weighted by Crippen LogP contribution is 2.25. The van der Waals surface area contributed by atoms with Gasteiger partial charge in [-0.05, 0) is 45.2 Å². The first-order valence-electron chi connectivity index (χ1n) is 6.37. The molecule has 4 nitrogen and oxygen atoms in total. The third kappa shape index (κ3) is 2.83. The monoisotopic (exact) mass is 261 g/mol. The third-order valence-corrected chi connectivity index (χ3v) is 3.70. The van der Waals surface area contributed by atoms with Gasteiger partial charge in [0.05, 0.1) is 11.2 Å². The zero-order chi connectivity index (χ0) is 14.3. The Labute approximate surface area is 113 Å². The lowest BCUT2D eigenvalue weighted by atomic mass is 9.80. The number of aliphatic hydroxyl groups is 1. The van der Waals surface area contributed by atoms with E-state index in [9.17, 15) is 10.1 Å². The second kappa shape index (κ2) is 4.67. The second-order valence-electron chi connectivity index (χ2n) is 5.85. The van der Waals surface area contributed by atoms with Crippen LogP contribution in [0.3, 0.4) is 0 Å². The first kappa shape index (κ1) is 14.1. The summed E-state index contributed by atoms with van der Waals surface area (Å²) < 4.78 is 5.59. The van der Waals surface area contributed by atoms with Crippen molar-refractivity contribution in [1.82, 2.24) is 4.98 Å². The lowest BCUT2D eigenvalue weighted by Gasteiger charge is -2.38. The SMILES string of the molecule is CC(C)(O)C(C)(C)OB(O)c1cc2ccccc2[nH]1. The van der Waals surface area contributed by atoms with Gasteiger partial charge in [-0.3, -0.25) is 0 Å². The van der Waals surface area contributed by atoms with E-state index in [1.165, 1.54) is 0 Å². The Hall–Kier alpha value is -1.30. The van der Waals surface area contributed by atoms with Crippen molar-refractivity contribution in [3.8, 4) is 0 Å². The highest BCUT2D eigenvalue weighted by atomic mass is 16.5. The lowest BCUT2D eigenvalue weighted by Crippen LogP contribution is -2.53. The maximum atomic E-state index is 10.2. The topological polar surface area (TPSA) is 65.5 Å². The minimum absolute atomic E-state index is 0.582. The van der Waals surface area contributed by atoms with Gasteiger partial charge in [-0.2, -0.15) is 0 Å². The largest absolute Gasteiger partial charge is 0.508 e. The van der Waals surface area contributed by atoms with Gasteiger partial charge < -0.3 is 19.8 Å². The molecule has 3 N–H and O–H groups in total. The molecule has 102 valence electrons. The Morgan fingerprint density at radius 2 is 1.79 bits per heavy atom. The fraction of sp³-hybridized carbons (Fsp3) is 0.429. The Balaban J connectivity index is 2.22. The molecule has 0 unspecified atom stereocenters. The van der Waals surface area contributed by atoms with Crippen LogP contribution < -0.4 is 5.59 Å². The molecule has 0 atom stereocenters. The van der Waals surface area contributed by atoms with E-state index in [0.29, 0.717) is 5.59 Å². The smallest absolute Gasteiger partial charge is 0.422 e. The number of rotatable bonds is 4. The van der Waals surface area contributed by atoms with Crippen molar-refractivity contribution >= 4 is 23.6 Å². The molecule has 0 aliphatic carbocycles. The zero-order valence-electron chi connectivity index (χ0n) is 11.8. The summed E-state index contributed by atoms with van der Waals surface area (Å²) in [6.45, 7) is 6.81. The summed E-state index contributed by atoms with van der Waals surface area (Å²) in [5.41, 5.74) is -0.399. The molecule has 0 fully saturated rings. The molecule has 0 radical (unpaired) electrons. The number of hydrogen-bond acceptors (Lipinski definition) is 3. The number of H-pyrrole nitrogens is 1. The number of aromatic nitrogens is 1. The van der Waals surface area contributed by atoms with E-state index in [-0.39, 0.29) is 0 Å². The van der Waals surface area contributed by atoms with Crippen molar-refractivity contribution < 1.29 is 14.8 Å². The number of aromatic amines is 1. The van der Waals surface area contributed by atoms with Crippen LogP contribution in [0.2, 0.25) is 0 Å². The van der Waals surface area contributed by atoms with Gasteiger partial charge in [-0.25, -0.2) is 0 Å². The van der Waals surface area contributed by atoms with E-state index in [4.69, 9.17) is 4.65 Å². The standard InChI is InChI=1S/C14H20BNO3/c1-13(2,17)14(3,4)19-15(18)12-9-10-7-5-6-8-11(10)16-12/h5-9,16-18H,1-4H3. The van der Waals surface area contributed by atoms with Crippen LogP contribution in [0.1, 0.15) is 27.7 Å². The van der Waals surface area contributed by atoms with E-state index < -0.39 is 18.3 Å². The zero-order valence-corrected chi connectivity index (χ0v) is 11.8. The first-order valence-corrected chi connectivity index (χ1v) is 6.37. The van der Waals surface area contributed by atoms with Crippen molar-refractivity contribution in [1.29, 1.82) is 0 Å². The molecule has 0 bridgehead atoms. The fourth-order valence-corrected chi connectivity index (χ4v) is 1.72. The van der Waals surface area contributed by atoms with Crippen molar-refractivity contribution in [2.75, 3.05) is 0 Å². The first-order chi connectivity index (χ1) is 8.71. The molecule has 0 aliphatic heterocycles. The maximum Gasteiger partial charge on any atom is 0.508 e. The predicted octanol–water partition coefficient (Wildman–Crippen LogP) is 1.42. The van der Waals surface area contributed by atoms with Crippen molar-refractivity contribution in [2.24, 2.45) is 0 Å². The average Bonchev–Trinajstić information content (AvgIpc) is 2.70. The minimum atomic E-state index is -1.10. The predicted molar refractivity (Wildman–Crippen MR) is 77.4 cm³/mol. The molecular formula is C14H20BNO3. The third-order valence-electron chi connectivity index (χ3n) is 3.70. The molecule has 1 aromatic heterocycles. The van der Waals surface area contributed by atoms with Gasteiger partial charge in [-0.15, -0.1) is 0 Å². The minimum Gasteiger partial charge on any atom is -0.422 e. The molecule has 5 heteroatoms.